The molecule has 8 nitrogen and oxygen atoms in total. The van der Waals surface area contributed by atoms with Crippen molar-refractivity contribution in [3.8, 4) is 0 Å². The number of carbonyl (C=O) groups is 3. The summed E-state index contributed by atoms with van der Waals surface area (Å²) in [4.78, 5) is 45.2. The summed E-state index contributed by atoms with van der Waals surface area (Å²) in [5, 5.41) is 3.20. The Morgan fingerprint density at radius 2 is 1.91 bits per heavy atom. The van der Waals surface area contributed by atoms with Gasteiger partial charge < -0.3 is 14.8 Å². The Morgan fingerprint density at radius 1 is 1.22 bits per heavy atom. The predicted molar refractivity (Wildman–Crippen MR) is 120 cm³/mol. The molecule has 1 aromatic carbocycles. The number of aromatic nitrogens is 1. The lowest BCUT2D eigenvalue weighted by Gasteiger charge is -2.36. The van der Waals surface area contributed by atoms with Gasteiger partial charge in [0, 0.05) is 18.7 Å². The van der Waals surface area contributed by atoms with Crippen molar-refractivity contribution < 1.29 is 23.9 Å². The van der Waals surface area contributed by atoms with Gasteiger partial charge in [-0.1, -0.05) is 18.3 Å². The monoisotopic (exact) mass is 457 g/mol. The molecule has 3 amide bonds. The number of hydrogen-bond acceptors (Lipinski definition) is 7. The summed E-state index contributed by atoms with van der Waals surface area (Å²) in [6, 6.07) is 5.20. The van der Waals surface area contributed by atoms with Gasteiger partial charge in [0.2, 0.25) is 11.8 Å². The topological polar surface area (TPSA) is 97.8 Å². The highest BCUT2D eigenvalue weighted by Gasteiger charge is 2.77. The number of nitrogens with zero attached hydrogens (tertiary/aromatic N) is 2. The van der Waals surface area contributed by atoms with Crippen molar-refractivity contribution >= 4 is 44.4 Å². The average Bonchev–Trinajstić information content (AvgIpc) is 3.51. The van der Waals surface area contributed by atoms with E-state index >= 15 is 0 Å². The minimum Gasteiger partial charge on any atom is -0.380 e. The number of amides is 3. The quantitative estimate of drug-likeness (QED) is 0.507. The maximum Gasteiger partial charge on any atom is 0.251 e. The minimum absolute atomic E-state index is 0.196. The third-order valence-electron chi connectivity index (χ3n) is 7.39. The zero-order valence-corrected chi connectivity index (χ0v) is 19.3. The van der Waals surface area contributed by atoms with Crippen LogP contribution in [0.5, 0.6) is 0 Å². The molecule has 0 saturated carbocycles. The Morgan fingerprint density at radius 3 is 2.56 bits per heavy atom. The predicted octanol–water partition coefficient (Wildman–Crippen LogP) is 2.90. The molecule has 170 valence electrons. The van der Waals surface area contributed by atoms with Crippen LogP contribution in [0.2, 0.25) is 0 Å². The van der Waals surface area contributed by atoms with E-state index in [1.54, 1.807) is 18.2 Å². The van der Waals surface area contributed by atoms with E-state index in [9.17, 15) is 14.4 Å². The van der Waals surface area contributed by atoms with Crippen LogP contribution in [0.3, 0.4) is 0 Å². The van der Waals surface area contributed by atoms with E-state index in [0.717, 1.165) is 24.0 Å². The Balaban J connectivity index is 1.39. The first kappa shape index (κ1) is 21.5. The molecule has 0 spiro atoms. The van der Waals surface area contributed by atoms with E-state index in [2.05, 4.69) is 10.3 Å². The maximum atomic E-state index is 13.5. The zero-order valence-electron chi connectivity index (χ0n) is 18.5. The number of thiazole rings is 1. The third kappa shape index (κ3) is 2.80. The molecular weight excluding hydrogens is 430 g/mol. The highest BCUT2D eigenvalue weighted by Crippen LogP contribution is 2.64. The SMILES string of the molecule is CCCOCCNC(=O)c1ccc2nc(N3C(=O)[C@@]4(C)[C@@H]5CC[C@@H](O5)[C@@]4(C)C3=O)sc2c1. The van der Waals surface area contributed by atoms with Crippen molar-refractivity contribution in [2.24, 2.45) is 10.8 Å². The molecule has 2 aromatic rings. The average molecular weight is 458 g/mol. The summed E-state index contributed by atoms with van der Waals surface area (Å²) in [6.45, 7) is 7.32. The van der Waals surface area contributed by atoms with Gasteiger partial charge in [-0.25, -0.2) is 9.88 Å². The first-order valence-corrected chi connectivity index (χ1v) is 11.9. The summed E-state index contributed by atoms with van der Waals surface area (Å²) >= 11 is 1.26. The van der Waals surface area contributed by atoms with Crippen LogP contribution in [0.1, 0.15) is 50.4 Å². The zero-order chi connectivity index (χ0) is 22.7. The van der Waals surface area contributed by atoms with Gasteiger partial charge in [-0.3, -0.25) is 14.4 Å². The van der Waals surface area contributed by atoms with Crippen molar-refractivity contribution in [2.75, 3.05) is 24.7 Å². The molecule has 3 saturated heterocycles. The number of hydrogen-bond donors (Lipinski definition) is 1. The van der Waals surface area contributed by atoms with Crippen LogP contribution in [0, 0.1) is 10.8 Å². The maximum absolute atomic E-state index is 13.5. The van der Waals surface area contributed by atoms with Crippen LogP contribution in [0.25, 0.3) is 10.2 Å². The number of imide groups is 1. The van der Waals surface area contributed by atoms with Gasteiger partial charge in [-0.15, -0.1) is 0 Å². The molecule has 0 unspecified atom stereocenters. The summed E-state index contributed by atoms with van der Waals surface area (Å²) in [7, 11) is 0. The summed E-state index contributed by atoms with van der Waals surface area (Å²) in [5.74, 6) is -0.666. The second-order valence-electron chi connectivity index (χ2n) is 9.09. The fraction of sp³-hybridized carbons (Fsp3) is 0.565. The Bertz CT molecular complexity index is 1080. The van der Waals surface area contributed by atoms with Crippen LogP contribution in [-0.2, 0) is 19.1 Å². The van der Waals surface area contributed by atoms with Gasteiger partial charge in [0.25, 0.3) is 5.91 Å². The van der Waals surface area contributed by atoms with E-state index in [0.29, 0.717) is 36.0 Å². The molecule has 5 rings (SSSR count). The molecule has 1 aromatic heterocycles. The Hall–Kier alpha value is -2.36. The number of ether oxygens (including phenoxy) is 2. The summed E-state index contributed by atoms with van der Waals surface area (Å²) in [6.07, 6.45) is 2.07. The molecule has 3 fully saturated rings. The van der Waals surface area contributed by atoms with Crippen molar-refractivity contribution in [3.05, 3.63) is 23.8 Å². The number of rotatable bonds is 7. The fourth-order valence-corrected chi connectivity index (χ4v) is 6.34. The standard InChI is InChI=1S/C23H27N3O5S/c1-4-10-30-11-9-24-18(27)13-5-6-14-15(12-13)32-21(25-14)26-19(28)22(2)16-7-8-17(31-16)23(22,3)20(26)29/h5-6,12,16-17H,4,7-11H2,1-3H3,(H,24,27)/t16-,17+,22+,23-. The van der Waals surface area contributed by atoms with Crippen LogP contribution < -0.4 is 10.2 Å². The van der Waals surface area contributed by atoms with Gasteiger partial charge >= 0.3 is 0 Å². The van der Waals surface area contributed by atoms with Gasteiger partial charge in [0.05, 0.1) is 39.9 Å². The first-order chi connectivity index (χ1) is 15.3. The summed E-state index contributed by atoms with van der Waals surface area (Å²) in [5.41, 5.74) is -0.574. The number of fused-ring (bicyclic) bond motifs is 6. The van der Waals surface area contributed by atoms with Crippen molar-refractivity contribution in [1.82, 2.24) is 10.3 Å². The normalized spacial score (nSPS) is 31.0. The largest absolute Gasteiger partial charge is 0.380 e. The van der Waals surface area contributed by atoms with Gasteiger partial charge in [0.1, 0.15) is 0 Å². The molecule has 3 aliphatic rings. The molecule has 4 atom stereocenters. The lowest BCUT2D eigenvalue weighted by atomic mass is 9.59. The van der Waals surface area contributed by atoms with Crippen molar-refractivity contribution in [1.29, 1.82) is 0 Å². The second-order valence-corrected chi connectivity index (χ2v) is 10.1. The number of benzene rings is 1. The number of carbonyl (C=O) groups excluding carboxylic acids is 3. The molecule has 2 bridgehead atoms. The highest BCUT2D eigenvalue weighted by molar-refractivity contribution is 7.22. The number of anilines is 1. The van der Waals surface area contributed by atoms with Crippen molar-refractivity contribution in [2.45, 2.75) is 52.2 Å². The highest BCUT2D eigenvalue weighted by atomic mass is 32.1. The van der Waals surface area contributed by atoms with E-state index in [-0.39, 0.29) is 29.9 Å². The molecule has 9 heteroatoms. The molecule has 3 aliphatic heterocycles. The minimum atomic E-state index is -0.865. The van der Waals surface area contributed by atoms with Crippen LogP contribution >= 0.6 is 11.3 Å². The first-order valence-electron chi connectivity index (χ1n) is 11.1. The molecule has 32 heavy (non-hydrogen) atoms. The Kier molecular flexibility index (Phi) is 5.11. The molecule has 0 radical (unpaired) electrons. The summed E-state index contributed by atoms with van der Waals surface area (Å²) < 4.78 is 12.1. The van der Waals surface area contributed by atoms with E-state index in [1.807, 2.05) is 20.8 Å². The molecule has 0 aliphatic carbocycles. The van der Waals surface area contributed by atoms with Gasteiger partial charge in [0.15, 0.2) is 5.13 Å². The number of nitrogens with one attached hydrogen (secondary N) is 1. The van der Waals surface area contributed by atoms with Crippen LogP contribution in [-0.4, -0.2) is 54.7 Å². The fourth-order valence-electron chi connectivity index (χ4n) is 5.34. The smallest absolute Gasteiger partial charge is 0.251 e. The Labute approximate surface area is 190 Å². The lowest BCUT2D eigenvalue weighted by molar-refractivity contribution is -0.132. The lowest BCUT2D eigenvalue weighted by Crippen LogP contribution is -2.48. The van der Waals surface area contributed by atoms with Crippen LogP contribution in [0.15, 0.2) is 18.2 Å². The van der Waals surface area contributed by atoms with Crippen molar-refractivity contribution in [3.63, 3.8) is 0 Å². The van der Waals surface area contributed by atoms with E-state index in [1.165, 1.54) is 16.2 Å². The van der Waals surface area contributed by atoms with Gasteiger partial charge in [-0.05, 0) is 51.3 Å². The molecule has 4 heterocycles. The second kappa shape index (κ2) is 7.60. The third-order valence-corrected chi connectivity index (χ3v) is 8.40. The van der Waals surface area contributed by atoms with Gasteiger partial charge in [-0.2, -0.15) is 0 Å². The molecular formula is C23H27N3O5S. The molecule has 1 N–H and O–H groups in total. The van der Waals surface area contributed by atoms with E-state index in [4.69, 9.17) is 9.47 Å². The van der Waals surface area contributed by atoms with E-state index < -0.39 is 10.8 Å². The van der Waals surface area contributed by atoms with Crippen LogP contribution in [0.4, 0.5) is 5.13 Å².